The Hall–Kier alpha value is -1.64. The lowest BCUT2D eigenvalue weighted by molar-refractivity contribution is 1.18. The summed E-state index contributed by atoms with van der Waals surface area (Å²) in [5.41, 5.74) is 3.39. The van der Waals surface area contributed by atoms with Crippen molar-refractivity contribution in [1.82, 2.24) is 4.98 Å². The number of halogens is 1. The normalized spacial score (nSPS) is 10.7. The summed E-state index contributed by atoms with van der Waals surface area (Å²) >= 11 is 7.67. The van der Waals surface area contributed by atoms with E-state index in [1.165, 1.54) is 4.88 Å². The van der Waals surface area contributed by atoms with Crippen molar-refractivity contribution in [2.45, 2.75) is 6.42 Å². The Labute approximate surface area is 127 Å². The average molecular weight is 300 g/mol. The van der Waals surface area contributed by atoms with Crippen LogP contribution in [0.1, 0.15) is 4.88 Å². The highest BCUT2D eigenvalue weighted by molar-refractivity contribution is 7.15. The minimum Gasteiger partial charge on any atom is -0.236 e. The van der Waals surface area contributed by atoms with Gasteiger partial charge < -0.3 is 0 Å². The Morgan fingerprint density at radius 3 is 2.05 bits per heavy atom. The fraction of sp³-hybridized carbons (Fsp3) is 0.118. The van der Waals surface area contributed by atoms with Gasteiger partial charge in [-0.3, -0.25) is 0 Å². The summed E-state index contributed by atoms with van der Waals surface area (Å²) in [5, 5.41) is 1.06. The van der Waals surface area contributed by atoms with Gasteiger partial charge in [0.2, 0.25) is 0 Å². The maximum absolute atomic E-state index is 5.93. The number of benzene rings is 2. The second-order valence-electron chi connectivity index (χ2n) is 4.46. The molecule has 0 aliphatic rings. The van der Waals surface area contributed by atoms with Gasteiger partial charge in [-0.25, -0.2) is 4.98 Å². The van der Waals surface area contributed by atoms with Crippen molar-refractivity contribution < 1.29 is 0 Å². The zero-order valence-electron chi connectivity index (χ0n) is 10.9. The highest BCUT2D eigenvalue weighted by atomic mass is 35.5. The lowest BCUT2D eigenvalue weighted by Crippen LogP contribution is -1.86. The van der Waals surface area contributed by atoms with Crippen LogP contribution in [0, 0.1) is 0 Å². The second-order valence-corrected chi connectivity index (χ2v) is 5.92. The third-order valence-corrected chi connectivity index (χ3v) is 4.44. The standard InChI is InChI=1S/C17H14ClNS/c18-12-11-15-16(13-7-3-1-4-8-13)19-17(20-15)14-9-5-2-6-10-14/h1-10H,11-12H2. The topological polar surface area (TPSA) is 12.9 Å². The third kappa shape index (κ3) is 2.77. The maximum Gasteiger partial charge on any atom is 0.124 e. The molecular formula is C17H14ClNS. The number of hydrogen-bond donors (Lipinski definition) is 0. The molecule has 0 radical (unpaired) electrons. The highest BCUT2D eigenvalue weighted by Crippen LogP contribution is 2.34. The second kappa shape index (κ2) is 6.21. The third-order valence-electron chi connectivity index (χ3n) is 3.09. The molecule has 3 rings (SSSR count). The van der Waals surface area contributed by atoms with Crippen LogP contribution in [0.2, 0.25) is 0 Å². The van der Waals surface area contributed by atoms with E-state index in [0.717, 1.165) is 28.2 Å². The predicted molar refractivity (Wildman–Crippen MR) is 87.4 cm³/mol. The Morgan fingerprint density at radius 2 is 1.45 bits per heavy atom. The largest absolute Gasteiger partial charge is 0.236 e. The molecule has 0 saturated heterocycles. The van der Waals surface area contributed by atoms with Crippen LogP contribution < -0.4 is 0 Å². The molecule has 3 heteroatoms. The van der Waals surface area contributed by atoms with E-state index < -0.39 is 0 Å². The molecular weight excluding hydrogens is 286 g/mol. The fourth-order valence-corrected chi connectivity index (χ4v) is 3.52. The Morgan fingerprint density at radius 1 is 0.850 bits per heavy atom. The number of alkyl halides is 1. The van der Waals surface area contributed by atoms with Crippen molar-refractivity contribution in [3.8, 4) is 21.8 Å². The van der Waals surface area contributed by atoms with Crippen molar-refractivity contribution in [3.63, 3.8) is 0 Å². The quantitative estimate of drug-likeness (QED) is 0.599. The van der Waals surface area contributed by atoms with E-state index in [-0.39, 0.29) is 0 Å². The first kappa shape index (κ1) is 13.3. The summed E-state index contributed by atoms with van der Waals surface area (Å²) in [6.07, 6.45) is 0.857. The van der Waals surface area contributed by atoms with Gasteiger partial charge in [0.1, 0.15) is 5.01 Å². The van der Waals surface area contributed by atoms with Crippen LogP contribution in [0.5, 0.6) is 0 Å². The molecule has 20 heavy (non-hydrogen) atoms. The van der Waals surface area contributed by atoms with Crippen LogP contribution in [0.25, 0.3) is 21.8 Å². The first-order valence-corrected chi connectivity index (χ1v) is 7.90. The van der Waals surface area contributed by atoms with E-state index in [2.05, 4.69) is 24.3 Å². The number of aromatic nitrogens is 1. The molecule has 0 aliphatic carbocycles. The van der Waals surface area contributed by atoms with Crippen molar-refractivity contribution in [3.05, 3.63) is 65.5 Å². The van der Waals surface area contributed by atoms with Gasteiger partial charge in [-0.1, -0.05) is 60.7 Å². The first-order chi connectivity index (χ1) is 9.88. The zero-order valence-corrected chi connectivity index (χ0v) is 12.5. The fourth-order valence-electron chi connectivity index (χ4n) is 2.13. The van der Waals surface area contributed by atoms with Crippen LogP contribution in [0.15, 0.2) is 60.7 Å². The van der Waals surface area contributed by atoms with Crippen LogP contribution in [-0.2, 0) is 6.42 Å². The molecule has 1 nitrogen and oxygen atoms in total. The molecule has 1 heterocycles. The van der Waals surface area contributed by atoms with E-state index in [0.29, 0.717) is 5.88 Å². The summed E-state index contributed by atoms with van der Waals surface area (Å²) in [6, 6.07) is 20.6. The van der Waals surface area contributed by atoms with Gasteiger partial charge >= 0.3 is 0 Å². The lowest BCUT2D eigenvalue weighted by Gasteiger charge is -1.99. The van der Waals surface area contributed by atoms with E-state index in [1.54, 1.807) is 11.3 Å². The van der Waals surface area contributed by atoms with Gasteiger partial charge in [-0.05, 0) is 6.42 Å². The van der Waals surface area contributed by atoms with Gasteiger partial charge in [0.15, 0.2) is 0 Å². The monoisotopic (exact) mass is 299 g/mol. The maximum atomic E-state index is 5.93. The minimum atomic E-state index is 0.621. The molecule has 100 valence electrons. The summed E-state index contributed by atoms with van der Waals surface area (Å²) < 4.78 is 0. The van der Waals surface area contributed by atoms with E-state index in [1.807, 2.05) is 36.4 Å². The van der Waals surface area contributed by atoms with Gasteiger partial charge in [0, 0.05) is 21.9 Å². The van der Waals surface area contributed by atoms with E-state index in [4.69, 9.17) is 16.6 Å². The minimum absolute atomic E-state index is 0.621. The number of rotatable bonds is 4. The molecule has 0 atom stereocenters. The van der Waals surface area contributed by atoms with Gasteiger partial charge in [-0.2, -0.15) is 0 Å². The molecule has 0 unspecified atom stereocenters. The molecule has 0 spiro atoms. The van der Waals surface area contributed by atoms with Crippen LogP contribution in [-0.4, -0.2) is 10.9 Å². The predicted octanol–water partition coefficient (Wildman–Crippen LogP) is 5.26. The summed E-state index contributed by atoms with van der Waals surface area (Å²) in [6.45, 7) is 0. The first-order valence-electron chi connectivity index (χ1n) is 6.55. The molecule has 2 aromatic carbocycles. The molecule has 0 amide bonds. The van der Waals surface area contributed by atoms with Crippen molar-refractivity contribution >= 4 is 22.9 Å². The van der Waals surface area contributed by atoms with Crippen molar-refractivity contribution in [2.75, 3.05) is 5.88 Å². The summed E-state index contributed by atoms with van der Waals surface area (Å²) in [4.78, 5) is 6.08. The van der Waals surface area contributed by atoms with Crippen LogP contribution >= 0.6 is 22.9 Å². The molecule has 0 bridgehead atoms. The lowest BCUT2D eigenvalue weighted by atomic mass is 10.1. The molecule has 0 saturated carbocycles. The van der Waals surface area contributed by atoms with Gasteiger partial charge in [0.05, 0.1) is 5.69 Å². The van der Waals surface area contributed by atoms with E-state index in [9.17, 15) is 0 Å². The van der Waals surface area contributed by atoms with E-state index >= 15 is 0 Å². The van der Waals surface area contributed by atoms with Crippen molar-refractivity contribution in [1.29, 1.82) is 0 Å². The average Bonchev–Trinajstić information content (AvgIpc) is 2.94. The van der Waals surface area contributed by atoms with Gasteiger partial charge in [0.25, 0.3) is 0 Å². The van der Waals surface area contributed by atoms with Crippen molar-refractivity contribution in [2.24, 2.45) is 0 Å². The number of hydrogen-bond acceptors (Lipinski definition) is 2. The summed E-state index contributed by atoms with van der Waals surface area (Å²) in [7, 11) is 0. The number of aryl methyl sites for hydroxylation is 1. The SMILES string of the molecule is ClCCc1sc(-c2ccccc2)nc1-c1ccccc1. The number of thiazole rings is 1. The molecule has 3 aromatic rings. The Kier molecular flexibility index (Phi) is 4.14. The van der Waals surface area contributed by atoms with Crippen LogP contribution in [0.3, 0.4) is 0 Å². The molecule has 0 aliphatic heterocycles. The molecule has 0 N–H and O–H groups in total. The molecule has 0 fully saturated rings. The summed E-state index contributed by atoms with van der Waals surface area (Å²) in [5.74, 6) is 0.621. The Bertz CT molecular complexity index is 677. The van der Waals surface area contributed by atoms with Crippen LogP contribution in [0.4, 0.5) is 0 Å². The zero-order chi connectivity index (χ0) is 13.8. The highest BCUT2D eigenvalue weighted by Gasteiger charge is 2.13. The molecule has 1 aromatic heterocycles. The number of nitrogens with zero attached hydrogens (tertiary/aromatic N) is 1. The van der Waals surface area contributed by atoms with Gasteiger partial charge in [-0.15, -0.1) is 22.9 Å². The Balaban J connectivity index is 2.08. The smallest absolute Gasteiger partial charge is 0.124 e.